The maximum atomic E-state index is 13.6. The van der Waals surface area contributed by atoms with Gasteiger partial charge in [-0.15, -0.1) is 0 Å². The lowest BCUT2D eigenvalue weighted by atomic mass is 10.0. The third-order valence-corrected chi connectivity index (χ3v) is 2.55. The third-order valence-electron chi connectivity index (χ3n) is 2.55. The van der Waals surface area contributed by atoms with E-state index >= 15 is 0 Å². The smallest absolute Gasteiger partial charge is 0.417 e. The van der Waals surface area contributed by atoms with Gasteiger partial charge >= 0.3 is 6.09 Å². The molecule has 0 N–H and O–H groups in total. The molecule has 1 saturated heterocycles. The van der Waals surface area contributed by atoms with Gasteiger partial charge in [-0.1, -0.05) is 6.92 Å². The van der Waals surface area contributed by atoms with Gasteiger partial charge in [-0.05, 0) is 20.3 Å². The summed E-state index contributed by atoms with van der Waals surface area (Å²) in [5, 5.41) is 0. The van der Waals surface area contributed by atoms with Crippen LogP contribution >= 0.6 is 0 Å². The highest BCUT2D eigenvalue weighted by atomic mass is 19.1. The van der Waals surface area contributed by atoms with Crippen molar-refractivity contribution in [3.63, 3.8) is 0 Å². The molecule has 1 aliphatic rings. The summed E-state index contributed by atoms with van der Waals surface area (Å²) in [7, 11) is 0. The van der Waals surface area contributed by atoms with Crippen LogP contribution < -0.4 is 0 Å². The second-order valence-electron chi connectivity index (χ2n) is 4.62. The van der Waals surface area contributed by atoms with E-state index in [4.69, 9.17) is 0 Å². The molecule has 96 valence electrons. The number of amides is 2. The lowest BCUT2D eigenvalue weighted by molar-refractivity contribution is -0.142. The number of cyclic esters (lactones) is 1. The Labute approximate surface area is 98.9 Å². The maximum absolute atomic E-state index is 13.6. The molecule has 0 aromatic carbocycles. The molecule has 1 rings (SSSR count). The Morgan fingerprint density at radius 3 is 2.53 bits per heavy atom. The summed E-state index contributed by atoms with van der Waals surface area (Å²) in [6.07, 6.45) is -2.73. The molecule has 0 bridgehead atoms. The maximum Gasteiger partial charge on any atom is 0.417 e. The van der Waals surface area contributed by atoms with Gasteiger partial charge in [0, 0.05) is 6.42 Å². The topological polar surface area (TPSA) is 63.7 Å². The predicted molar refractivity (Wildman–Crippen MR) is 57.1 cm³/mol. The van der Waals surface area contributed by atoms with Crippen molar-refractivity contribution in [2.24, 2.45) is 0 Å². The van der Waals surface area contributed by atoms with E-state index in [0.717, 1.165) is 0 Å². The molecule has 5 nitrogen and oxygen atoms in total. The quantitative estimate of drug-likeness (QED) is 0.703. The standard InChI is InChI=1S/C11H16FNO4/c1-4-5-7(14)8(12)9(15)13-10(16)17-6-11(13,2)3/h8H,4-6H2,1-3H3. The number of ketones is 1. The van der Waals surface area contributed by atoms with Gasteiger partial charge < -0.3 is 4.74 Å². The van der Waals surface area contributed by atoms with E-state index in [1.54, 1.807) is 20.8 Å². The monoisotopic (exact) mass is 245 g/mol. The van der Waals surface area contributed by atoms with Crippen molar-refractivity contribution in [3.05, 3.63) is 0 Å². The van der Waals surface area contributed by atoms with Gasteiger partial charge in [0.05, 0.1) is 5.54 Å². The summed E-state index contributed by atoms with van der Waals surface area (Å²) in [5.41, 5.74) is -0.912. The minimum absolute atomic E-state index is 0.00621. The van der Waals surface area contributed by atoms with Gasteiger partial charge in [0.25, 0.3) is 5.91 Å². The zero-order valence-corrected chi connectivity index (χ0v) is 10.2. The minimum atomic E-state index is -2.28. The molecule has 1 aliphatic heterocycles. The first-order valence-corrected chi connectivity index (χ1v) is 5.49. The van der Waals surface area contributed by atoms with Gasteiger partial charge in [-0.25, -0.2) is 14.1 Å². The van der Waals surface area contributed by atoms with Crippen LogP contribution in [0.25, 0.3) is 0 Å². The third kappa shape index (κ3) is 2.62. The van der Waals surface area contributed by atoms with E-state index < -0.39 is 29.5 Å². The fraction of sp³-hybridized carbons (Fsp3) is 0.727. The first kappa shape index (κ1) is 13.6. The number of imide groups is 1. The normalized spacial score (nSPS) is 20.0. The molecule has 0 spiro atoms. The highest BCUT2D eigenvalue weighted by molar-refractivity contribution is 6.09. The number of carbonyl (C=O) groups is 3. The summed E-state index contributed by atoms with van der Waals surface area (Å²) in [6.45, 7) is 4.87. The summed E-state index contributed by atoms with van der Waals surface area (Å²) < 4.78 is 18.3. The molecule has 1 unspecified atom stereocenters. The number of hydrogen-bond donors (Lipinski definition) is 0. The Morgan fingerprint density at radius 2 is 2.12 bits per heavy atom. The van der Waals surface area contributed by atoms with Crippen LogP contribution in [0.4, 0.5) is 9.18 Å². The molecule has 1 atom stereocenters. The zero-order chi connectivity index (χ0) is 13.2. The molecular weight excluding hydrogens is 229 g/mol. The van der Waals surface area contributed by atoms with E-state index in [0.29, 0.717) is 11.3 Å². The Kier molecular flexibility index (Phi) is 3.85. The van der Waals surface area contributed by atoms with Crippen molar-refractivity contribution in [1.82, 2.24) is 4.90 Å². The largest absolute Gasteiger partial charge is 0.447 e. The van der Waals surface area contributed by atoms with E-state index in [-0.39, 0.29) is 13.0 Å². The Hall–Kier alpha value is -1.46. The molecule has 6 heteroatoms. The van der Waals surface area contributed by atoms with Crippen molar-refractivity contribution < 1.29 is 23.5 Å². The molecule has 0 aliphatic carbocycles. The highest BCUT2D eigenvalue weighted by Crippen LogP contribution is 2.25. The average molecular weight is 245 g/mol. The molecule has 0 aromatic rings. The SMILES string of the molecule is CCCC(=O)C(F)C(=O)N1C(=O)OCC1(C)C. The van der Waals surface area contributed by atoms with E-state index in [1.807, 2.05) is 0 Å². The zero-order valence-electron chi connectivity index (χ0n) is 10.2. The molecule has 0 aromatic heterocycles. The molecule has 17 heavy (non-hydrogen) atoms. The first-order valence-electron chi connectivity index (χ1n) is 5.49. The van der Waals surface area contributed by atoms with Crippen LogP contribution in [-0.2, 0) is 14.3 Å². The first-order chi connectivity index (χ1) is 7.81. The number of alkyl halides is 1. The fourth-order valence-corrected chi connectivity index (χ4v) is 1.63. The van der Waals surface area contributed by atoms with E-state index in [1.165, 1.54) is 0 Å². The second-order valence-corrected chi connectivity index (χ2v) is 4.62. The molecule has 0 radical (unpaired) electrons. The van der Waals surface area contributed by atoms with Gasteiger partial charge in [-0.3, -0.25) is 9.59 Å². The van der Waals surface area contributed by atoms with Crippen LogP contribution in [0.1, 0.15) is 33.6 Å². The molecule has 1 heterocycles. The van der Waals surface area contributed by atoms with Crippen molar-refractivity contribution >= 4 is 17.8 Å². The predicted octanol–water partition coefficient (Wildman–Crippen LogP) is 1.45. The molecule has 0 saturated carbocycles. The number of halogens is 1. The average Bonchev–Trinajstić information content (AvgIpc) is 2.51. The lowest BCUT2D eigenvalue weighted by Gasteiger charge is -2.26. The fourth-order valence-electron chi connectivity index (χ4n) is 1.63. The number of rotatable bonds is 4. The van der Waals surface area contributed by atoms with Crippen molar-refractivity contribution in [2.75, 3.05) is 6.61 Å². The van der Waals surface area contributed by atoms with Crippen LogP contribution in [0, 0.1) is 0 Å². The molecular formula is C11H16FNO4. The van der Waals surface area contributed by atoms with Crippen LogP contribution in [0.5, 0.6) is 0 Å². The lowest BCUT2D eigenvalue weighted by Crippen LogP contribution is -2.50. The summed E-state index contributed by atoms with van der Waals surface area (Å²) >= 11 is 0. The van der Waals surface area contributed by atoms with Gasteiger partial charge in [0.15, 0.2) is 5.78 Å². The number of carbonyl (C=O) groups excluding carboxylic acids is 3. The van der Waals surface area contributed by atoms with Gasteiger partial charge in [-0.2, -0.15) is 0 Å². The van der Waals surface area contributed by atoms with Gasteiger partial charge in [0.2, 0.25) is 6.17 Å². The van der Waals surface area contributed by atoms with Crippen LogP contribution in [-0.4, -0.2) is 41.0 Å². The highest BCUT2D eigenvalue weighted by Gasteiger charge is 2.47. The second kappa shape index (κ2) is 4.81. The summed E-state index contributed by atoms with van der Waals surface area (Å²) in [6, 6.07) is 0. The van der Waals surface area contributed by atoms with Crippen molar-refractivity contribution in [2.45, 2.75) is 45.3 Å². The van der Waals surface area contributed by atoms with Crippen molar-refractivity contribution in [3.8, 4) is 0 Å². The van der Waals surface area contributed by atoms with Crippen molar-refractivity contribution in [1.29, 1.82) is 0 Å². The Bertz CT molecular complexity index is 353. The Balaban J connectivity index is 2.82. The van der Waals surface area contributed by atoms with Gasteiger partial charge in [0.1, 0.15) is 6.61 Å². The van der Waals surface area contributed by atoms with Crippen LogP contribution in [0.15, 0.2) is 0 Å². The Morgan fingerprint density at radius 1 is 1.53 bits per heavy atom. The van der Waals surface area contributed by atoms with Crippen LogP contribution in [0.2, 0.25) is 0 Å². The molecule has 2 amide bonds. The van der Waals surface area contributed by atoms with E-state index in [9.17, 15) is 18.8 Å². The number of Topliss-reactive ketones (excluding diaryl/α,β-unsaturated/α-hetero) is 1. The summed E-state index contributed by atoms with van der Waals surface area (Å²) in [4.78, 5) is 35.0. The van der Waals surface area contributed by atoms with E-state index in [2.05, 4.69) is 4.74 Å². The number of nitrogens with zero attached hydrogens (tertiary/aromatic N) is 1. The number of ether oxygens (including phenoxy) is 1. The summed E-state index contributed by atoms with van der Waals surface area (Å²) in [5.74, 6) is -1.93. The number of hydrogen-bond acceptors (Lipinski definition) is 4. The van der Waals surface area contributed by atoms with Crippen LogP contribution in [0.3, 0.4) is 0 Å². The molecule has 1 fully saturated rings. The minimum Gasteiger partial charge on any atom is -0.447 e.